The van der Waals surface area contributed by atoms with Crippen molar-refractivity contribution in [2.24, 2.45) is 5.92 Å². The third-order valence-corrected chi connectivity index (χ3v) is 3.56. The molecule has 1 aromatic heterocycles. The molecule has 0 radical (unpaired) electrons. The lowest BCUT2D eigenvalue weighted by atomic mass is 10.1. The van der Waals surface area contributed by atoms with Crippen LogP contribution in [0.2, 0.25) is 0 Å². The van der Waals surface area contributed by atoms with Gasteiger partial charge in [-0.1, -0.05) is 0 Å². The molecule has 2 heterocycles. The van der Waals surface area contributed by atoms with Gasteiger partial charge in [0.05, 0.1) is 5.00 Å². The molecule has 1 aromatic rings. The van der Waals surface area contributed by atoms with Gasteiger partial charge < -0.3 is 10.2 Å². The average molecular weight is 196 g/mol. The lowest BCUT2D eigenvalue weighted by molar-refractivity contribution is 0.580. The van der Waals surface area contributed by atoms with Crippen LogP contribution in [-0.2, 0) is 0 Å². The van der Waals surface area contributed by atoms with Crippen molar-refractivity contribution in [1.29, 1.82) is 0 Å². The van der Waals surface area contributed by atoms with Crippen LogP contribution in [0.5, 0.6) is 0 Å². The highest BCUT2D eigenvalue weighted by molar-refractivity contribution is 7.14. The van der Waals surface area contributed by atoms with E-state index in [1.54, 1.807) is 0 Å². The average Bonchev–Trinajstić information content (AvgIpc) is 2.74. The second-order valence-electron chi connectivity index (χ2n) is 3.69. The van der Waals surface area contributed by atoms with E-state index in [-0.39, 0.29) is 0 Å². The van der Waals surface area contributed by atoms with Gasteiger partial charge in [0.25, 0.3) is 0 Å². The van der Waals surface area contributed by atoms with E-state index >= 15 is 0 Å². The summed E-state index contributed by atoms with van der Waals surface area (Å²) in [5.74, 6) is 0.840. The Balaban J connectivity index is 1.87. The normalized spacial score (nSPS) is 22.1. The number of hydrogen-bond acceptors (Lipinski definition) is 3. The molecule has 0 aromatic carbocycles. The topological polar surface area (TPSA) is 15.3 Å². The Morgan fingerprint density at radius 1 is 1.69 bits per heavy atom. The summed E-state index contributed by atoms with van der Waals surface area (Å²) < 4.78 is 0. The summed E-state index contributed by atoms with van der Waals surface area (Å²) >= 11 is 1.82. The Labute approximate surface area is 83.6 Å². The summed E-state index contributed by atoms with van der Waals surface area (Å²) in [5.41, 5.74) is 0. The maximum absolute atomic E-state index is 3.40. The number of anilines is 1. The minimum atomic E-state index is 0.840. The molecule has 1 saturated heterocycles. The van der Waals surface area contributed by atoms with Crippen LogP contribution < -0.4 is 10.2 Å². The highest BCUT2D eigenvalue weighted by Crippen LogP contribution is 2.21. The molecular weight excluding hydrogens is 180 g/mol. The summed E-state index contributed by atoms with van der Waals surface area (Å²) in [6, 6.07) is 4.30. The predicted molar refractivity (Wildman–Crippen MR) is 58.6 cm³/mol. The number of nitrogens with zero attached hydrogens (tertiary/aromatic N) is 1. The van der Waals surface area contributed by atoms with Gasteiger partial charge in [0.15, 0.2) is 0 Å². The molecule has 0 bridgehead atoms. The standard InChI is InChI=1S/C10H16N2S/c1-12(10-3-2-6-13-10)8-9-4-5-11-7-9/h2-3,6,9,11H,4-5,7-8H2,1H3. The molecule has 0 aliphatic carbocycles. The SMILES string of the molecule is CN(CC1CCNC1)c1cccs1. The maximum atomic E-state index is 3.40. The fraction of sp³-hybridized carbons (Fsp3) is 0.600. The molecule has 1 aliphatic rings. The molecular formula is C10H16N2S. The van der Waals surface area contributed by atoms with Gasteiger partial charge in [0, 0.05) is 13.6 Å². The fourth-order valence-corrected chi connectivity index (χ4v) is 2.54. The Morgan fingerprint density at radius 3 is 3.23 bits per heavy atom. The predicted octanol–water partition coefficient (Wildman–Crippen LogP) is 1.79. The van der Waals surface area contributed by atoms with Crippen LogP contribution in [0.1, 0.15) is 6.42 Å². The van der Waals surface area contributed by atoms with Crippen molar-refractivity contribution in [2.75, 3.05) is 31.6 Å². The van der Waals surface area contributed by atoms with Gasteiger partial charge in [-0.15, -0.1) is 11.3 Å². The van der Waals surface area contributed by atoms with Crippen LogP contribution in [0.15, 0.2) is 17.5 Å². The van der Waals surface area contributed by atoms with Crippen LogP contribution in [0.4, 0.5) is 5.00 Å². The zero-order valence-corrected chi connectivity index (χ0v) is 8.81. The van der Waals surface area contributed by atoms with E-state index in [9.17, 15) is 0 Å². The number of hydrogen-bond donors (Lipinski definition) is 1. The smallest absolute Gasteiger partial charge is 0.0905 e. The second kappa shape index (κ2) is 4.11. The molecule has 1 aliphatic heterocycles. The summed E-state index contributed by atoms with van der Waals surface area (Å²) in [4.78, 5) is 2.36. The first-order valence-corrected chi connectivity index (χ1v) is 5.69. The van der Waals surface area contributed by atoms with Crippen LogP contribution in [-0.4, -0.2) is 26.7 Å². The van der Waals surface area contributed by atoms with E-state index in [1.807, 2.05) is 11.3 Å². The molecule has 0 amide bonds. The van der Waals surface area contributed by atoms with Crippen molar-refractivity contribution in [3.63, 3.8) is 0 Å². The highest BCUT2D eigenvalue weighted by Gasteiger charge is 2.16. The minimum absolute atomic E-state index is 0.840. The number of thiophene rings is 1. The van der Waals surface area contributed by atoms with Crippen LogP contribution >= 0.6 is 11.3 Å². The quantitative estimate of drug-likeness (QED) is 0.793. The van der Waals surface area contributed by atoms with E-state index in [1.165, 1.54) is 31.1 Å². The maximum Gasteiger partial charge on any atom is 0.0905 e. The van der Waals surface area contributed by atoms with Crippen LogP contribution in [0, 0.1) is 5.92 Å². The zero-order valence-electron chi connectivity index (χ0n) is 7.99. The third kappa shape index (κ3) is 2.23. The lowest BCUT2D eigenvalue weighted by Gasteiger charge is -2.20. The largest absolute Gasteiger partial charge is 0.366 e. The van der Waals surface area contributed by atoms with Crippen molar-refractivity contribution in [3.05, 3.63) is 17.5 Å². The first-order valence-electron chi connectivity index (χ1n) is 4.81. The summed E-state index contributed by atoms with van der Waals surface area (Å²) in [6.45, 7) is 3.58. The van der Waals surface area contributed by atoms with E-state index in [0.717, 1.165) is 5.92 Å². The Kier molecular flexibility index (Phi) is 2.86. The molecule has 2 nitrogen and oxygen atoms in total. The summed E-state index contributed by atoms with van der Waals surface area (Å²) in [6.07, 6.45) is 1.33. The molecule has 3 heteroatoms. The van der Waals surface area contributed by atoms with Gasteiger partial charge in [-0.2, -0.15) is 0 Å². The molecule has 1 unspecified atom stereocenters. The van der Waals surface area contributed by atoms with Gasteiger partial charge in [0.1, 0.15) is 0 Å². The summed E-state index contributed by atoms with van der Waals surface area (Å²) in [5, 5.41) is 6.92. The van der Waals surface area contributed by atoms with Crippen molar-refractivity contribution < 1.29 is 0 Å². The first kappa shape index (κ1) is 9.03. The summed E-state index contributed by atoms with van der Waals surface area (Å²) in [7, 11) is 2.18. The molecule has 0 saturated carbocycles. The van der Waals surface area contributed by atoms with Gasteiger partial charge in [-0.3, -0.25) is 0 Å². The van der Waals surface area contributed by atoms with Crippen LogP contribution in [0.25, 0.3) is 0 Å². The Bertz CT molecular complexity index is 239. The van der Waals surface area contributed by atoms with E-state index in [4.69, 9.17) is 0 Å². The van der Waals surface area contributed by atoms with Gasteiger partial charge in [-0.25, -0.2) is 0 Å². The minimum Gasteiger partial charge on any atom is -0.366 e. The second-order valence-corrected chi connectivity index (χ2v) is 4.62. The van der Waals surface area contributed by atoms with Crippen molar-refractivity contribution >= 4 is 16.3 Å². The first-order chi connectivity index (χ1) is 6.36. The number of nitrogens with one attached hydrogen (secondary N) is 1. The third-order valence-electron chi connectivity index (χ3n) is 2.58. The lowest BCUT2D eigenvalue weighted by Crippen LogP contribution is -2.25. The van der Waals surface area contributed by atoms with Crippen molar-refractivity contribution in [3.8, 4) is 0 Å². The molecule has 0 spiro atoms. The monoisotopic (exact) mass is 196 g/mol. The molecule has 13 heavy (non-hydrogen) atoms. The molecule has 1 fully saturated rings. The molecule has 72 valence electrons. The number of rotatable bonds is 3. The molecule has 2 rings (SSSR count). The van der Waals surface area contributed by atoms with Gasteiger partial charge in [-0.05, 0) is 42.9 Å². The van der Waals surface area contributed by atoms with Crippen LogP contribution in [0.3, 0.4) is 0 Å². The molecule has 1 N–H and O–H groups in total. The van der Waals surface area contributed by atoms with E-state index < -0.39 is 0 Å². The Hall–Kier alpha value is -0.540. The molecule has 1 atom stereocenters. The Morgan fingerprint density at radius 2 is 2.62 bits per heavy atom. The highest BCUT2D eigenvalue weighted by atomic mass is 32.1. The van der Waals surface area contributed by atoms with Gasteiger partial charge in [0.2, 0.25) is 0 Å². The van der Waals surface area contributed by atoms with Crippen molar-refractivity contribution in [1.82, 2.24) is 5.32 Å². The zero-order chi connectivity index (χ0) is 9.10. The van der Waals surface area contributed by atoms with Crippen molar-refractivity contribution in [2.45, 2.75) is 6.42 Å². The van der Waals surface area contributed by atoms with E-state index in [0.29, 0.717) is 0 Å². The van der Waals surface area contributed by atoms with E-state index in [2.05, 4.69) is 34.8 Å². The fourth-order valence-electron chi connectivity index (χ4n) is 1.83. The van der Waals surface area contributed by atoms with Gasteiger partial charge >= 0.3 is 0 Å².